The Hall–Kier alpha value is -1.44. The molecule has 0 aliphatic carbocycles. The van der Waals surface area contributed by atoms with Crippen LogP contribution in [0.3, 0.4) is 0 Å². The quantitative estimate of drug-likeness (QED) is 0.834. The molecule has 120 valence electrons. The van der Waals surface area contributed by atoms with Crippen LogP contribution in [-0.2, 0) is 14.8 Å². The zero-order valence-electron chi connectivity index (χ0n) is 12.5. The first-order valence-corrected chi connectivity index (χ1v) is 8.80. The lowest BCUT2D eigenvalue weighted by Crippen LogP contribution is -2.33. The average Bonchev–Trinajstić information content (AvgIpc) is 3.17. The van der Waals surface area contributed by atoms with Crippen LogP contribution >= 0.6 is 0 Å². The molecule has 1 spiro atoms. The van der Waals surface area contributed by atoms with Crippen molar-refractivity contribution in [3.63, 3.8) is 0 Å². The zero-order chi connectivity index (χ0) is 15.8. The smallest absolute Gasteiger partial charge is 0.337 e. The van der Waals surface area contributed by atoms with Gasteiger partial charge >= 0.3 is 5.97 Å². The Morgan fingerprint density at radius 1 is 1.27 bits per heavy atom. The van der Waals surface area contributed by atoms with E-state index in [9.17, 15) is 13.2 Å². The highest BCUT2D eigenvalue weighted by atomic mass is 32.2. The Balaban J connectivity index is 1.80. The number of sulfonamides is 1. The van der Waals surface area contributed by atoms with Crippen LogP contribution in [0, 0.1) is 5.41 Å². The summed E-state index contributed by atoms with van der Waals surface area (Å²) >= 11 is 0. The summed E-state index contributed by atoms with van der Waals surface area (Å²) in [6, 6.07) is 5.92. The van der Waals surface area contributed by atoms with Crippen molar-refractivity contribution in [1.29, 1.82) is 0 Å². The van der Waals surface area contributed by atoms with Crippen LogP contribution in [0.5, 0.6) is 0 Å². The van der Waals surface area contributed by atoms with E-state index in [0.29, 0.717) is 18.7 Å². The van der Waals surface area contributed by atoms with Crippen LogP contribution in [-0.4, -0.2) is 52.0 Å². The van der Waals surface area contributed by atoms with E-state index in [1.165, 1.54) is 31.4 Å². The first-order chi connectivity index (χ1) is 10.5. The fourth-order valence-corrected chi connectivity index (χ4v) is 4.83. The maximum atomic E-state index is 12.7. The fourth-order valence-electron chi connectivity index (χ4n) is 3.27. The van der Waals surface area contributed by atoms with Crippen LogP contribution < -0.4 is 5.32 Å². The minimum atomic E-state index is -3.50. The first-order valence-electron chi connectivity index (χ1n) is 7.36. The number of nitrogens with zero attached hydrogens (tertiary/aromatic N) is 1. The van der Waals surface area contributed by atoms with E-state index >= 15 is 0 Å². The second-order valence-corrected chi connectivity index (χ2v) is 7.97. The second kappa shape index (κ2) is 5.64. The maximum absolute atomic E-state index is 12.7. The molecular formula is C15H20N2O4S. The molecule has 0 amide bonds. The highest BCUT2D eigenvalue weighted by Gasteiger charge is 2.44. The Morgan fingerprint density at radius 2 is 2.00 bits per heavy atom. The average molecular weight is 324 g/mol. The van der Waals surface area contributed by atoms with Gasteiger partial charge < -0.3 is 10.1 Å². The summed E-state index contributed by atoms with van der Waals surface area (Å²) in [6.07, 6.45) is 1.93. The van der Waals surface area contributed by atoms with Crippen LogP contribution in [0.1, 0.15) is 23.2 Å². The first kappa shape index (κ1) is 15.5. The molecule has 2 saturated heterocycles. The fraction of sp³-hybridized carbons (Fsp3) is 0.533. The molecule has 1 N–H and O–H groups in total. The van der Waals surface area contributed by atoms with Crippen molar-refractivity contribution < 1.29 is 17.9 Å². The summed E-state index contributed by atoms with van der Waals surface area (Å²) in [4.78, 5) is 11.6. The van der Waals surface area contributed by atoms with Crippen LogP contribution in [0.15, 0.2) is 29.2 Å². The maximum Gasteiger partial charge on any atom is 0.337 e. The van der Waals surface area contributed by atoms with Gasteiger partial charge in [-0.25, -0.2) is 13.2 Å². The van der Waals surface area contributed by atoms with Gasteiger partial charge in [0.15, 0.2) is 0 Å². The van der Waals surface area contributed by atoms with Gasteiger partial charge in [-0.2, -0.15) is 4.31 Å². The Labute approximate surface area is 130 Å². The van der Waals surface area contributed by atoms with E-state index in [0.717, 1.165) is 25.9 Å². The number of carbonyl (C=O) groups excluding carboxylic acids is 1. The molecule has 2 heterocycles. The van der Waals surface area contributed by atoms with Gasteiger partial charge in [0.25, 0.3) is 0 Å². The van der Waals surface area contributed by atoms with Crippen molar-refractivity contribution in [1.82, 2.24) is 9.62 Å². The SMILES string of the molecule is COC(=O)c1ccc(S(=O)(=O)N2CCC3(CCNC3)C2)cc1. The zero-order valence-corrected chi connectivity index (χ0v) is 13.4. The van der Waals surface area contributed by atoms with Crippen molar-refractivity contribution in [3.8, 4) is 0 Å². The van der Waals surface area contributed by atoms with Gasteiger partial charge in [-0.3, -0.25) is 0 Å². The molecule has 0 bridgehead atoms. The molecule has 2 aliphatic rings. The van der Waals surface area contributed by atoms with Crippen molar-refractivity contribution >= 4 is 16.0 Å². The Morgan fingerprint density at radius 3 is 2.59 bits per heavy atom. The summed E-state index contributed by atoms with van der Waals surface area (Å²) in [5.41, 5.74) is 0.443. The molecule has 0 aromatic heterocycles. The predicted molar refractivity (Wildman–Crippen MR) is 81.1 cm³/mol. The van der Waals surface area contributed by atoms with Gasteiger partial charge in [-0.15, -0.1) is 0 Å². The van der Waals surface area contributed by atoms with Crippen LogP contribution in [0.25, 0.3) is 0 Å². The Bertz CT molecular complexity index is 663. The number of rotatable bonds is 3. The largest absolute Gasteiger partial charge is 0.465 e. The van der Waals surface area contributed by atoms with E-state index in [1.54, 1.807) is 4.31 Å². The molecule has 1 atom stereocenters. The number of ether oxygens (including phenoxy) is 1. The molecule has 2 fully saturated rings. The molecule has 22 heavy (non-hydrogen) atoms. The van der Waals surface area contributed by atoms with Gasteiger partial charge in [0, 0.05) is 19.6 Å². The van der Waals surface area contributed by atoms with Crippen LogP contribution in [0.2, 0.25) is 0 Å². The van der Waals surface area contributed by atoms with Gasteiger partial charge in [0.2, 0.25) is 10.0 Å². The lowest BCUT2D eigenvalue weighted by Gasteiger charge is -2.22. The molecule has 3 rings (SSSR count). The third kappa shape index (κ3) is 2.64. The highest BCUT2D eigenvalue weighted by molar-refractivity contribution is 7.89. The van der Waals surface area contributed by atoms with Gasteiger partial charge in [0.1, 0.15) is 0 Å². The predicted octanol–water partition coefficient (Wildman–Crippen LogP) is 0.847. The molecular weight excluding hydrogens is 304 g/mol. The minimum absolute atomic E-state index is 0.0963. The molecule has 0 saturated carbocycles. The van der Waals surface area contributed by atoms with Crippen molar-refractivity contribution in [2.45, 2.75) is 17.7 Å². The molecule has 1 unspecified atom stereocenters. The second-order valence-electron chi connectivity index (χ2n) is 6.03. The molecule has 6 nitrogen and oxygen atoms in total. The number of benzene rings is 1. The number of esters is 1. The topological polar surface area (TPSA) is 75.7 Å². The number of hydrogen-bond donors (Lipinski definition) is 1. The molecule has 0 radical (unpaired) electrons. The number of hydrogen-bond acceptors (Lipinski definition) is 5. The summed E-state index contributed by atoms with van der Waals surface area (Å²) < 4.78 is 31.6. The lowest BCUT2D eigenvalue weighted by molar-refractivity contribution is 0.0600. The normalized spacial score (nSPS) is 25.7. The van der Waals surface area contributed by atoms with Crippen molar-refractivity contribution in [2.24, 2.45) is 5.41 Å². The van der Waals surface area contributed by atoms with Gasteiger partial charge in [-0.1, -0.05) is 0 Å². The number of carbonyl (C=O) groups is 1. The summed E-state index contributed by atoms with van der Waals surface area (Å²) in [5.74, 6) is -0.471. The molecule has 7 heteroatoms. The van der Waals surface area contributed by atoms with Gasteiger partial charge in [-0.05, 0) is 49.1 Å². The third-order valence-electron chi connectivity index (χ3n) is 4.65. The number of nitrogens with one attached hydrogen (secondary N) is 1. The molecule has 1 aromatic rings. The minimum Gasteiger partial charge on any atom is -0.465 e. The summed E-state index contributed by atoms with van der Waals surface area (Å²) in [7, 11) is -2.20. The summed E-state index contributed by atoms with van der Waals surface area (Å²) in [6.45, 7) is 2.98. The highest BCUT2D eigenvalue weighted by Crippen LogP contribution is 2.38. The number of methoxy groups -OCH3 is 1. The van der Waals surface area contributed by atoms with E-state index in [-0.39, 0.29) is 10.3 Å². The standard InChI is InChI=1S/C15H20N2O4S/c1-21-14(18)12-2-4-13(5-3-12)22(19,20)17-9-7-15(11-17)6-8-16-10-15/h2-5,16H,6-11H2,1H3. The van der Waals surface area contributed by atoms with E-state index in [2.05, 4.69) is 10.1 Å². The lowest BCUT2D eigenvalue weighted by atomic mass is 9.87. The van der Waals surface area contributed by atoms with Crippen LogP contribution in [0.4, 0.5) is 0 Å². The van der Waals surface area contributed by atoms with E-state index in [1.807, 2.05) is 0 Å². The van der Waals surface area contributed by atoms with E-state index < -0.39 is 16.0 Å². The van der Waals surface area contributed by atoms with E-state index in [4.69, 9.17) is 0 Å². The van der Waals surface area contributed by atoms with Crippen molar-refractivity contribution in [3.05, 3.63) is 29.8 Å². The van der Waals surface area contributed by atoms with Crippen molar-refractivity contribution in [2.75, 3.05) is 33.3 Å². The molecule has 2 aliphatic heterocycles. The third-order valence-corrected chi connectivity index (χ3v) is 6.51. The summed E-state index contributed by atoms with van der Waals surface area (Å²) in [5, 5.41) is 3.32. The Kier molecular flexibility index (Phi) is 3.96. The molecule has 1 aromatic carbocycles. The van der Waals surface area contributed by atoms with Gasteiger partial charge in [0.05, 0.1) is 17.6 Å². The monoisotopic (exact) mass is 324 g/mol.